The molecule has 114 valence electrons. The van der Waals surface area contributed by atoms with E-state index in [4.69, 9.17) is 4.98 Å². The van der Waals surface area contributed by atoms with Crippen molar-refractivity contribution < 1.29 is 0 Å². The van der Waals surface area contributed by atoms with Crippen molar-refractivity contribution in [2.75, 3.05) is 6.54 Å². The predicted molar refractivity (Wildman–Crippen MR) is 88.5 cm³/mol. The molecule has 3 heteroatoms. The highest BCUT2D eigenvalue weighted by molar-refractivity contribution is 5.75. The summed E-state index contributed by atoms with van der Waals surface area (Å²) >= 11 is 0. The fourth-order valence-electron chi connectivity index (χ4n) is 2.99. The van der Waals surface area contributed by atoms with Gasteiger partial charge in [-0.1, -0.05) is 26.0 Å². The maximum atomic E-state index is 4.87. The average Bonchev–Trinajstić information content (AvgIpc) is 3.23. The molecule has 1 aliphatic rings. The minimum atomic E-state index is 0.684. The molecular weight excluding hydrogens is 258 g/mol. The highest BCUT2D eigenvalue weighted by Crippen LogP contribution is 2.21. The molecule has 1 N–H and O–H groups in total. The van der Waals surface area contributed by atoms with E-state index in [0.717, 1.165) is 37.5 Å². The van der Waals surface area contributed by atoms with Crippen molar-refractivity contribution in [1.29, 1.82) is 0 Å². The summed E-state index contributed by atoms with van der Waals surface area (Å²) in [7, 11) is 0. The Balaban J connectivity index is 1.67. The summed E-state index contributed by atoms with van der Waals surface area (Å²) in [5, 5.41) is 3.61. The van der Waals surface area contributed by atoms with E-state index < -0.39 is 0 Å². The van der Waals surface area contributed by atoms with Crippen molar-refractivity contribution in [3.63, 3.8) is 0 Å². The number of imidazole rings is 1. The third-order valence-electron chi connectivity index (χ3n) is 4.36. The molecule has 1 aromatic heterocycles. The van der Waals surface area contributed by atoms with Crippen LogP contribution in [0.3, 0.4) is 0 Å². The van der Waals surface area contributed by atoms with Crippen molar-refractivity contribution in [2.45, 2.75) is 58.5 Å². The van der Waals surface area contributed by atoms with Crippen LogP contribution in [-0.2, 0) is 13.0 Å². The zero-order valence-electron chi connectivity index (χ0n) is 13.3. The summed E-state index contributed by atoms with van der Waals surface area (Å²) in [6.07, 6.45) is 6.24. The van der Waals surface area contributed by atoms with Crippen LogP contribution in [0.4, 0.5) is 0 Å². The van der Waals surface area contributed by atoms with Crippen LogP contribution in [0.5, 0.6) is 0 Å². The SMILES string of the molecule is CCCn1c(CC(C)CCNC2CC2)nc2ccccc21. The topological polar surface area (TPSA) is 29.9 Å². The molecule has 0 spiro atoms. The lowest BCUT2D eigenvalue weighted by molar-refractivity contribution is 0.477. The number of benzene rings is 1. The second-order valence-electron chi connectivity index (χ2n) is 6.49. The summed E-state index contributed by atoms with van der Waals surface area (Å²) in [6.45, 7) is 6.81. The standard InChI is InChI=1S/C18H27N3/c1-3-12-21-17-7-5-4-6-16(17)20-18(21)13-14(2)10-11-19-15-8-9-15/h4-7,14-15,19H,3,8-13H2,1-2H3. The van der Waals surface area contributed by atoms with E-state index in [-0.39, 0.29) is 0 Å². The Morgan fingerprint density at radius 2 is 2.14 bits per heavy atom. The van der Waals surface area contributed by atoms with Crippen molar-refractivity contribution in [3.8, 4) is 0 Å². The predicted octanol–water partition coefficient (Wildman–Crippen LogP) is 3.77. The second-order valence-corrected chi connectivity index (χ2v) is 6.49. The van der Waals surface area contributed by atoms with Gasteiger partial charge in [0, 0.05) is 19.0 Å². The van der Waals surface area contributed by atoms with Crippen molar-refractivity contribution >= 4 is 11.0 Å². The fourth-order valence-corrected chi connectivity index (χ4v) is 2.99. The van der Waals surface area contributed by atoms with Crippen LogP contribution in [0.1, 0.15) is 45.4 Å². The van der Waals surface area contributed by atoms with Gasteiger partial charge in [-0.25, -0.2) is 4.98 Å². The van der Waals surface area contributed by atoms with Crippen LogP contribution in [0.25, 0.3) is 11.0 Å². The van der Waals surface area contributed by atoms with Gasteiger partial charge in [0.15, 0.2) is 0 Å². The van der Waals surface area contributed by atoms with Gasteiger partial charge in [0.2, 0.25) is 0 Å². The minimum absolute atomic E-state index is 0.684. The molecule has 1 heterocycles. The van der Waals surface area contributed by atoms with Gasteiger partial charge in [-0.3, -0.25) is 0 Å². The Labute approximate surface area is 127 Å². The lowest BCUT2D eigenvalue weighted by Crippen LogP contribution is -2.20. The summed E-state index contributed by atoms with van der Waals surface area (Å²) in [5.74, 6) is 1.95. The maximum absolute atomic E-state index is 4.87. The number of fused-ring (bicyclic) bond motifs is 1. The first-order valence-corrected chi connectivity index (χ1v) is 8.45. The van der Waals surface area contributed by atoms with Crippen LogP contribution in [0.2, 0.25) is 0 Å². The van der Waals surface area contributed by atoms with Crippen LogP contribution in [0.15, 0.2) is 24.3 Å². The molecule has 0 saturated heterocycles. The molecule has 1 atom stereocenters. The molecule has 2 aromatic rings. The molecule has 1 saturated carbocycles. The maximum Gasteiger partial charge on any atom is 0.110 e. The van der Waals surface area contributed by atoms with Gasteiger partial charge in [0.1, 0.15) is 5.82 Å². The second kappa shape index (κ2) is 6.61. The molecule has 3 rings (SSSR count). The van der Waals surface area contributed by atoms with E-state index in [2.05, 4.69) is 48.0 Å². The van der Waals surface area contributed by atoms with E-state index in [1.165, 1.54) is 30.6 Å². The minimum Gasteiger partial charge on any atom is -0.328 e. The normalized spacial score (nSPS) is 16.5. The van der Waals surface area contributed by atoms with Gasteiger partial charge in [-0.05, 0) is 50.3 Å². The van der Waals surface area contributed by atoms with E-state index in [9.17, 15) is 0 Å². The lowest BCUT2D eigenvalue weighted by atomic mass is 10.0. The van der Waals surface area contributed by atoms with E-state index >= 15 is 0 Å². The average molecular weight is 285 g/mol. The number of hydrogen-bond donors (Lipinski definition) is 1. The number of nitrogens with zero attached hydrogens (tertiary/aromatic N) is 2. The van der Waals surface area contributed by atoms with E-state index in [1.807, 2.05) is 0 Å². The first kappa shape index (κ1) is 14.6. The van der Waals surface area contributed by atoms with Crippen LogP contribution in [0, 0.1) is 5.92 Å². The zero-order valence-corrected chi connectivity index (χ0v) is 13.3. The Morgan fingerprint density at radius 3 is 2.90 bits per heavy atom. The molecule has 3 nitrogen and oxygen atoms in total. The highest BCUT2D eigenvalue weighted by atomic mass is 15.1. The van der Waals surface area contributed by atoms with Gasteiger partial charge >= 0.3 is 0 Å². The molecule has 1 aliphatic carbocycles. The Hall–Kier alpha value is -1.35. The third-order valence-corrected chi connectivity index (χ3v) is 4.36. The largest absolute Gasteiger partial charge is 0.328 e. The molecule has 0 bridgehead atoms. The molecule has 0 aliphatic heterocycles. The Bertz CT molecular complexity index is 583. The Morgan fingerprint density at radius 1 is 1.33 bits per heavy atom. The first-order valence-electron chi connectivity index (χ1n) is 8.45. The molecular formula is C18H27N3. The fraction of sp³-hybridized carbons (Fsp3) is 0.611. The van der Waals surface area contributed by atoms with E-state index in [0.29, 0.717) is 5.92 Å². The molecule has 21 heavy (non-hydrogen) atoms. The lowest BCUT2D eigenvalue weighted by Gasteiger charge is -2.13. The highest BCUT2D eigenvalue weighted by Gasteiger charge is 2.20. The number of nitrogens with one attached hydrogen (secondary N) is 1. The quantitative estimate of drug-likeness (QED) is 0.800. The first-order chi connectivity index (χ1) is 10.3. The summed E-state index contributed by atoms with van der Waals surface area (Å²) in [5.41, 5.74) is 2.43. The molecule has 1 unspecified atom stereocenters. The zero-order chi connectivity index (χ0) is 14.7. The van der Waals surface area contributed by atoms with Crippen LogP contribution >= 0.6 is 0 Å². The van der Waals surface area contributed by atoms with Crippen molar-refractivity contribution in [2.24, 2.45) is 5.92 Å². The van der Waals surface area contributed by atoms with Gasteiger partial charge in [-0.2, -0.15) is 0 Å². The number of aromatic nitrogens is 2. The van der Waals surface area contributed by atoms with Gasteiger partial charge in [0.25, 0.3) is 0 Å². The summed E-state index contributed by atoms with van der Waals surface area (Å²) < 4.78 is 2.42. The van der Waals surface area contributed by atoms with E-state index in [1.54, 1.807) is 0 Å². The molecule has 0 amide bonds. The Kier molecular flexibility index (Phi) is 4.59. The number of aryl methyl sites for hydroxylation is 1. The number of para-hydroxylation sites is 2. The van der Waals surface area contributed by atoms with Crippen LogP contribution < -0.4 is 5.32 Å². The third kappa shape index (κ3) is 3.65. The summed E-state index contributed by atoms with van der Waals surface area (Å²) in [4.78, 5) is 4.87. The number of rotatable bonds is 8. The summed E-state index contributed by atoms with van der Waals surface area (Å²) in [6, 6.07) is 9.34. The van der Waals surface area contributed by atoms with Gasteiger partial charge < -0.3 is 9.88 Å². The molecule has 1 aromatic carbocycles. The van der Waals surface area contributed by atoms with Crippen molar-refractivity contribution in [3.05, 3.63) is 30.1 Å². The van der Waals surface area contributed by atoms with Crippen molar-refractivity contribution in [1.82, 2.24) is 14.9 Å². The number of hydrogen-bond acceptors (Lipinski definition) is 2. The molecule has 1 fully saturated rings. The van der Waals surface area contributed by atoms with Crippen LogP contribution in [-0.4, -0.2) is 22.1 Å². The van der Waals surface area contributed by atoms with Gasteiger partial charge in [-0.15, -0.1) is 0 Å². The smallest absolute Gasteiger partial charge is 0.110 e. The monoisotopic (exact) mass is 285 g/mol. The van der Waals surface area contributed by atoms with Gasteiger partial charge in [0.05, 0.1) is 11.0 Å². The molecule has 0 radical (unpaired) electrons.